The van der Waals surface area contributed by atoms with Gasteiger partial charge in [0.05, 0.1) is 6.07 Å². The predicted molar refractivity (Wildman–Crippen MR) is 43.6 cm³/mol. The van der Waals surface area contributed by atoms with Crippen LogP contribution in [-0.2, 0) is 6.42 Å². The Balaban J connectivity index is 2.74. The van der Waals surface area contributed by atoms with E-state index < -0.39 is 0 Å². The maximum absolute atomic E-state index is 10.3. The molecule has 0 N–H and O–H groups in total. The zero-order valence-corrected chi connectivity index (χ0v) is 6.53. The fourth-order valence-corrected chi connectivity index (χ4v) is 0.891. The van der Waals surface area contributed by atoms with Crippen LogP contribution in [0, 0.1) is 11.3 Å². The Bertz CT molecular complexity index is 315. The second-order valence-corrected chi connectivity index (χ2v) is 2.36. The van der Waals surface area contributed by atoms with E-state index in [9.17, 15) is 4.79 Å². The highest BCUT2D eigenvalue weighted by molar-refractivity contribution is 5.74. The molecule has 60 valence electrons. The fraction of sp³-hybridized carbons (Fsp3) is 0.222. The van der Waals surface area contributed by atoms with Gasteiger partial charge in [0.25, 0.3) is 0 Å². The van der Waals surface area contributed by atoms with E-state index in [1.165, 1.54) is 0 Å². The SMILES string of the molecule is N#CCCc1cc(C=O)ccn1. The molecule has 0 spiro atoms. The number of aldehydes is 1. The summed E-state index contributed by atoms with van der Waals surface area (Å²) < 4.78 is 0. The fourth-order valence-electron chi connectivity index (χ4n) is 0.891. The number of aryl methyl sites for hydroxylation is 1. The first-order valence-electron chi connectivity index (χ1n) is 3.64. The molecule has 0 radical (unpaired) electrons. The van der Waals surface area contributed by atoms with Gasteiger partial charge < -0.3 is 0 Å². The monoisotopic (exact) mass is 160 g/mol. The molecule has 0 saturated carbocycles. The topological polar surface area (TPSA) is 53.8 Å². The highest BCUT2D eigenvalue weighted by Crippen LogP contribution is 2.01. The molecule has 0 bridgehead atoms. The molecule has 0 aliphatic heterocycles. The van der Waals surface area contributed by atoms with Gasteiger partial charge in [-0.05, 0) is 12.1 Å². The standard InChI is InChI=1S/C9H8N2O/c10-4-1-2-9-6-8(7-12)3-5-11-9/h3,5-7H,1-2H2. The third-order valence-corrected chi connectivity index (χ3v) is 1.47. The predicted octanol–water partition coefficient (Wildman–Crippen LogP) is 1.35. The van der Waals surface area contributed by atoms with E-state index in [-0.39, 0.29) is 0 Å². The van der Waals surface area contributed by atoms with Crippen molar-refractivity contribution in [1.29, 1.82) is 5.26 Å². The van der Waals surface area contributed by atoms with Crippen molar-refractivity contribution in [2.24, 2.45) is 0 Å². The minimum absolute atomic E-state index is 0.440. The highest BCUT2D eigenvalue weighted by Gasteiger charge is 1.95. The van der Waals surface area contributed by atoms with Crippen LogP contribution < -0.4 is 0 Å². The summed E-state index contributed by atoms with van der Waals surface area (Å²) in [5.74, 6) is 0. The third kappa shape index (κ3) is 2.17. The van der Waals surface area contributed by atoms with E-state index >= 15 is 0 Å². The van der Waals surface area contributed by atoms with Crippen molar-refractivity contribution in [3.05, 3.63) is 29.6 Å². The quantitative estimate of drug-likeness (QED) is 0.627. The van der Waals surface area contributed by atoms with E-state index in [4.69, 9.17) is 5.26 Å². The van der Waals surface area contributed by atoms with Crippen LogP contribution in [0.25, 0.3) is 0 Å². The van der Waals surface area contributed by atoms with E-state index in [2.05, 4.69) is 4.98 Å². The minimum Gasteiger partial charge on any atom is -0.298 e. The van der Waals surface area contributed by atoms with E-state index in [1.54, 1.807) is 18.3 Å². The Kier molecular flexibility index (Phi) is 2.97. The summed E-state index contributed by atoms with van der Waals surface area (Å²) in [6.45, 7) is 0. The lowest BCUT2D eigenvalue weighted by molar-refractivity contribution is 0.112. The van der Waals surface area contributed by atoms with Gasteiger partial charge in [0.2, 0.25) is 0 Å². The van der Waals surface area contributed by atoms with Gasteiger partial charge in [0.15, 0.2) is 0 Å². The van der Waals surface area contributed by atoms with Gasteiger partial charge in [0.1, 0.15) is 6.29 Å². The van der Waals surface area contributed by atoms with Gasteiger partial charge in [-0.2, -0.15) is 5.26 Å². The molecule has 0 fully saturated rings. The van der Waals surface area contributed by atoms with Gasteiger partial charge in [-0.3, -0.25) is 9.78 Å². The molecule has 0 saturated heterocycles. The summed E-state index contributed by atoms with van der Waals surface area (Å²) in [7, 11) is 0. The Morgan fingerprint density at radius 1 is 1.67 bits per heavy atom. The van der Waals surface area contributed by atoms with Gasteiger partial charge in [0, 0.05) is 30.3 Å². The zero-order valence-electron chi connectivity index (χ0n) is 6.53. The number of rotatable bonds is 3. The van der Waals surface area contributed by atoms with Crippen molar-refractivity contribution in [3.63, 3.8) is 0 Å². The average Bonchev–Trinajstić information content (AvgIpc) is 2.15. The second kappa shape index (κ2) is 4.24. The van der Waals surface area contributed by atoms with Crippen LogP contribution in [0.2, 0.25) is 0 Å². The first-order valence-corrected chi connectivity index (χ1v) is 3.64. The number of pyridine rings is 1. The number of carbonyl (C=O) groups excluding carboxylic acids is 1. The lowest BCUT2D eigenvalue weighted by atomic mass is 10.2. The van der Waals surface area contributed by atoms with E-state index in [0.717, 1.165) is 12.0 Å². The lowest BCUT2D eigenvalue weighted by Gasteiger charge is -1.95. The molecule has 3 nitrogen and oxygen atoms in total. The van der Waals surface area contributed by atoms with Crippen molar-refractivity contribution < 1.29 is 4.79 Å². The normalized spacial score (nSPS) is 8.92. The van der Waals surface area contributed by atoms with Gasteiger partial charge in [-0.25, -0.2) is 0 Å². The summed E-state index contributed by atoms with van der Waals surface area (Å²) in [5, 5.41) is 8.31. The highest BCUT2D eigenvalue weighted by atomic mass is 16.1. The Hall–Kier alpha value is -1.69. The number of aromatic nitrogens is 1. The van der Waals surface area contributed by atoms with Crippen molar-refractivity contribution in [2.75, 3.05) is 0 Å². The Morgan fingerprint density at radius 3 is 3.17 bits per heavy atom. The molecular weight excluding hydrogens is 152 g/mol. The third-order valence-electron chi connectivity index (χ3n) is 1.47. The van der Waals surface area contributed by atoms with Crippen molar-refractivity contribution in [1.82, 2.24) is 4.98 Å². The number of hydrogen-bond donors (Lipinski definition) is 0. The Morgan fingerprint density at radius 2 is 2.50 bits per heavy atom. The van der Waals surface area contributed by atoms with Crippen molar-refractivity contribution in [3.8, 4) is 6.07 Å². The minimum atomic E-state index is 0.440. The van der Waals surface area contributed by atoms with Gasteiger partial charge in [-0.15, -0.1) is 0 Å². The van der Waals surface area contributed by atoms with E-state index in [1.807, 2.05) is 6.07 Å². The number of hydrogen-bond acceptors (Lipinski definition) is 3. The smallest absolute Gasteiger partial charge is 0.150 e. The Labute approximate surface area is 70.7 Å². The van der Waals surface area contributed by atoms with Gasteiger partial charge >= 0.3 is 0 Å². The molecule has 0 aliphatic rings. The maximum atomic E-state index is 10.3. The van der Waals surface area contributed by atoms with E-state index in [0.29, 0.717) is 18.4 Å². The molecule has 0 aliphatic carbocycles. The molecule has 12 heavy (non-hydrogen) atoms. The molecule has 0 amide bonds. The van der Waals surface area contributed by atoms with Crippen LogP contribution in [0.4, 0.5) is 0 Å². The van der Waals surface area contributed by atoms with Crippen LogP contribution in [0.5, 0.6) is 0 Å². The largest absolute Gasteiger partial charge is 0.298 e. The van der Waals surface area contributed by atoms with Crippen LogP contribution in [0.1, 0.15) is 22.5 Å². The molecule has 0 aromatic carbocycles. The zero-order chi connectivity index (χ0) is 8.81. The average molecular weight is 160 g/mol. The molecule has 1 heterocycles. The van der Waals surface area contributed by atoms with Crippen LogP contribution in [0.15, 0.2) is 18.3 Å². The number of nitrogens with zero attached hydrogens (tertiary/aromatic N) is 2. The summed E-state index contributed by atoms with van der Waals surface area (Å²) in [6.07, 6.45) is 3.40. The number of carbonyl (C=O) groups is 1. The molecular formula is C9H8N2O. The molecule has 1 aromatic rings. The molecule has 1 aromatic heterocycles. The van der Waals surface area contributed by atoms with Crippen molar-refractivity contribution in [2.45, 2.75) is 12.8 Å². The number of nitriles is 1. The van der Waals surface area contributed by atoms with Gasteiger partial charge in [-0.1, -0.05) is 0 Å². The molecule has 0 atom stereocenters. The summed E-state index contributed by atoms with van der Waals surface area (Å²) in [5.41, 5.74) is 1.40. The summed E-state index contributed by atoms with van der Waals surface area (Å²) in [4.78, 5) is 14.4. The molecule has 0 unspecified atom stereocenters. The van der Waals surface area contributed by atoms with Crippen molar-refractivity contribution >= 4 is 6.29 Å². The summed E-state index contributed by atoms with van der Waals surface area (Å²) in [6, 6.07) is 5.37. The van der Waals surface area contributed by atoms with Crippen LogP contribution in [-0.4, -0.2) is 11.3 Å². The maximum Gasteiger partial charge on any atom is 0.150 e. The molecule has 1 rings (SSSR count). The molecule has 3 heteroatoms. The second-order valence-electron chi connectivity index (χ2n) is 2.36. The first kappa shape index (κ1) is 8.41. The summed E-state index contributed by atoms with van der Waals surface area (Å²) >= 11 is 0. The van der Waals surface area contributed by atoms with Crippen LogP contribution in [0.3, 0.4) is 0 Å². The first-order chi connectivity index (χ1) is 5.86. The van der Waals surface area contributed by atoms with Crippen LogP contribution >= 0.6 is 0 Å². The lowest BCUT2D eigenvalue weighted by Crippen LogP contribution is -1.90.